The van der Waals surface area contributed by atoms with Gasteiger partial charge >= 0.3 is 0 Å². The van der Waals surface area contributed by atoms with Crippen LogP contribution in [0.2, 0.25) is 0 Å². The zero-order chi connectivity index (χ0) is 13.1. The first-order valence-electron chi connectivity index (χ1n) is 6.19. The fourth-order valence-corrected chi connectivity index (χ4v) is 2.91. The van der Waals surface area contributed by atoms with E-state index in [9.17, 15) is 0 Å². The lowest BCUT2D eigenvalue weighted by atomic mass is 9.99. The number of hydrogen-bond donors (Lipinski definition) is 2. The molecule has 0 radical (unpaired) electrons. The van der Waals surface area contributed by atoms with Gasteiger partial charge in [0.2, 0.25) is 0 Å². The molecule has 0 aliphatic carbocycles. The fourth-order valence-electron chi connectivity index (χ4n) is 2.23. The molecule has 3 nitrogen and oxygen atoms in total. The first kappa shape index (κ1) is 12.3. The van der Waals surface area contributed by atoms with Crippen molar-refractivity contribution in [3.05, 3.63) is 64.5 Å². The maximum absolute atomic E-state index is 5.70. The van der Waals surface area contributed by atoms with Crippen LogP contribution in [0.3, 0.4) is 0 Å². The second-order valence-electron chi connectivity index (χ2n) is 4.51. The van der Waals surface area contributed by atoms with E-state index in [0.29, 0.717) is 0 Å². The number of nitrogens with two attached hydrogens (primary N) is 1. The van der Waals surface area contributed by atoms with Crippen LogP contribution in [0.15, 0.2) is 53.4 Å². The van der Waals surface area contributed by atoms with Crippen LogP contribution in [0.25, 0.3) is 10.9 Å². The molecule has 2 aromatic heterocycles. The molecule has 4 heteroatoms. The molecule has 0 saturated carbocycles. The first-order valence-corrected chi connectivity index (χ1v) is 7.13. The van der Waals surface area contributed by atoms with E-state index >= 15 is 0 Å². The van der Waals surface area contributed by atoms with E-state index in [-0.39, 0.29) is 6.04 Å². The Morgan fingerprint density at radius 2 is 2.21 bits per heavy atom. The second kappa shape index (κ2) is 5.48. The van der Waals surface area contributed by atoms with Gasteiger partial charge in [0.1, 0.15) is 0 Å². The van der Waals surface area contributed by atoms with Gasteiger partial charge in [-0.1, -0.05) is 12.1 Å². The Morgan fingerprint density at radius 1 is 1.26 bits per heavy atom. The standard InChI is InChI=1S/C15H15N3S/c16-18-15(8-11-5-7-19-10-11)13-3-4-14-12(9-13)2-1-6-17-14/h1-7,9-10,15,18H,8,16H2. The molecule has 3 aromatic rings. The summed E-state index contributed by atoms with van der Waals surface area (Å²) in [6, 6.07) is 12.6. The molecule has 2 heterocycles. The Labute approximate surface area is 116 Å². The molecule has 0 amide bonds. The van der Waals surface area contributed by atoms with E-state index in [2.05, 4.69) is 45.4 Å². The van der Waals surface area contributed by atoms with E-state index in [1.807, 2.05) is 18.3 Å². The monoisotopic (exact) mass is 269 g/mol. The molecule has 3 rings (SSSR count). The van der Waals surface area contributed by atoms with Gasteiger partial charge in [-0.2, -0.15) is 11.3 Å². The second-order valence-corrected chi connectivity index (χ2v) is 5.29. The maximum Gasteiger partial charge on any atom is 0.0702 e. The number of thiophene rings is 1. The summed E-state index contributed by atoms with van der Waals surface area (Å²) in [5.41, 5.74) is 6.41. The highest BCUT2D eigenvalue weighted by Crippen LogP contribution is 2.22. The molecule has 1 unspecified atom stereocenters. The third kappa shape index (κ3) is 2.66. The zero-order valence-electron chi connectivity index (χ0n) is 10.4. The third-order valence-electron chi connectivity index (χ3n) is 3.25. The minimum Gasteiger partial charge on any atom is -0.271 e. The van der Waals surface area contributed by atoms with Crippen LogP contribution in [0, 0.1) is 0 Å². The quantitative estimate of drug-likeness (QED) is 0.565. The Kier molecular flexibility index (Phi) is 3.55. The van der Waals surface area contributed by atoms with Crippen molar-refractivity contribution in [1.29, 1.82) is 0 Å². The zero-order valence-corrected chi connectivity index (χ0v) is 11.2. The van der Waals surface area contributed by atoms with E-state index in [0.717, 1.165) is 17.3 Å². The summed E-state index contributed by atoms with van der Waals surface area (Å²) in [6.45, 7) is 0. The normalized spacial score (nSPS) is 12.7. The van der Waals surface area contributed by atoms with Crippen LogP contribution in [0.5, 0.6) is 0 Å². The van der Waals surface area contributed by atoms with Gasteiger partial charge in [0.05, 0.1) is 11.6 Å². The summed E-state index contributed by atoms with van der Waals surface area (Å²) >= 11 is 1.71. The molecule has 96 valence electrons. The summed E-state index contributed by atoms with van der Waals surface area (Å²) in [6.07, 6.45) is 2.71. The van der Waals surface area contributed by atoms with Crippen LogP contribution >= 0.6 is 11.3 Å². The Hall–Kier alpha value is -1.75. The number of nitrogens with zero attached hydrogens (tertiary/aromatic N) is 1. The number of hydrazine groups is 1. The number of aromatic nitrogens is 1. The molecular weight excluding hydrogens is 254 g/mol. The number of benzene rings is 1. The van der Waals surface area contributed by atoms with Gasteiger partial charge in [0.25, 0.3) is 0 Å². The molecule has 0 aliphatic rings. The summed E-state index contributed by atoms with van der Waals surface area (Å²) in [5, 5.41) is 5.39. The van der Waals surface area contributed by atoms with Crippen molar-refractivity contribution < 1.29 is 0 Å². The van der Waals surface area contributed by atoms with E-state index in [1.165, 1.54) is 11.1 Å². The van der Waals surface area contributed by atoms with Crippen molar-refractivity contribution in [2.75, 3.05) is 0 Å². The molecule has 1 aromatic carbocycles. The number of fused-ring (bicyclic) bond motifs is 1. The molecule has 0 bridgehead atoms. The van der Waals surface area contributed by atoms with Crippen molar-refractivity contribution >= 4 is 22.2 Å². The summed E-state index contributed by atoms with van der Waals surface area (Å²) in [7, 11) is 0. The largest absolute Gasteiger partial charge is 0.271 e. The van der Waals surface area contributed by atoms with Crippen LogP contribution in [-0.4, -0.2) is 4.98 Å². The van der Waals surface area contributed by atoms with Gasteiger partial charge in [-0.15, -0.1) is 0 Å². The molecule has 19 heavy (non-hydrogen) atoms. The smallest absolute Gasteiger partial charge is 0.0702 e. The molecule has 0 aliphatic heterocycles. The topological polar surface area (TPSA) is 50.9 Å². The van der Waals surface area contributed by atoms with E-state index in [1.54, 1.807) is 11.3 Å². The number of hydrogen-bond acceptors (Lipinski definition) is 4. The Balaban J connectivity index is 1.92. The number of pyridine rings is 1. The van der Waals surface area contributed by atoms with Crippen molar-refractivity contribution in [2.45, 2.75) is 12.5 Å². The van der Waals surface area contributed by atoms with Crippen molar-refractivity contribution in [3.63, 3.8) is 0 Å². The van der Waals surface area contributed by atoms with Crippen LogP contribution < -0.4 is 11.3 Å². The highest BCUT2D eigenvalue weighted by atomic mass is 32.1. The Morgan fingerprint density at radius 3 is 3.00 bits per heavy atom. The average Bonchev–Trinajstić information content (AvgIpc) is 2.97. The number of nitrogens with one attached hydrogen (secondary N) is 1. The molecule has 0 saturated heterocycles. The van der Waals surface area contributed by atoms with Crippen LogP contribution in [0.1, 0.15) is 17.2 Å². The summed E-state index contributed by atoms with van der Waals surface area (Å²) in [5.74, 6) is 5.70. The first-order chi connectivity index (χ1) is 9.36. The third-order valence-corrected chi connectivity index (χ3v) is 3.98. The highest BCUT2D eigenvalue weighted by molar-refractivity contribution is 7.07. The van der Waals surface area contributed by atoms with E-state index in [4.69, 9.17) is 5.84 Å². The lowest BCUT2D eigenvalue weighted by molar-refractivity contribution is 0.553. The predicted octanol–water partition coefficient (Wildman–Crippen LogP) is 3.04. The molecule has 3 N–H and O–H groups in total. The van der Waals surface area contributed by atoms with Crippen molar-refractivity contribution in [2.24, 2.45) is 5.84 Å². The van der Waals surface area contributed by atoms with Gasteiger partial charge in [0, 0.05) is 11.6 Å². The molecular formula is C15H15N3S. The molecule has 0 spiro atoms. The Bertz CT molecular complexity index is 664. The van der Waals surface area contributed by atoms with Gasteiger partial charge in [-0.05, 0) is 52.6 Å². The molecule has 0 fully saturated rings. The average molecular weight is 269 g/mol. The van der Waals surface area contributed by atoms with Crippen LogP contribution in [-0.2, 0) is 6.42 Å². The predicted molar refractivity (Wildman–Crippen MR) is 79.8 cm³/mol. The van der Waals surface area contributed by atoms with Gasteiger partial charge < -0.3 is 0 Å². The lowest BCUT2D eigenvalue weighted by Gasteiger charge is -2.16. The van der Waals surface area contributed by atoms with Gasteiger partial charge in [0.15, 0.2) is 0 Å². The minimum atomic E-state index is 0.124. The van der Waals surface area contributed by atoms with Crippen molar-refractivity contribution in [1.82, 2.24) is 10.4 Å². The van der Waals surface area contributed by atoms with Crippen molar-refractivity contribution in [3.8, 4) is 0 Å². The maximum atomic E-state index is 5.70. The van der Waals surface area contributed by atoms with Gasteiger partial charge in [-0.25, -0.2) is 0 Å². The highest BCUT2D eigenvalue weighted by Gasteiger charge is 2.11. The number of rotatable bonds is 4. The lowest BCUT2D eigenvalue weighted by Crippen LogP contribution is -2.29. The fraction of sp³-hybridized carbons (Fsp3) is 0.133. The molecule has 1 atom stereocenters. The minimum absolute atomic E-state index is 0.124. The summed E-state index contributed by atoms with van der Waals surface area (Å²) in [4.78, 5) is 4.33. The van der Waals surface area contributed by atoms with E-state index < -0.39 is 0 Å². The summed E-state index contributed by atoms with van der Waals surface area (Å²) < 4.78 is 0. The SMILES string of the molecule is NNC(Cc1ccsc1)c1ccc2ncccc2c1. The van der Waals surface area contributed by atoms with Gasteiger partial charge in [-0.3, -0.25) is 16.3 Å². The van der Waals surface area contributed by atoms with Crippen LogP contribution in [0.4, 0.5) is 0 Å².